The number of sulfonamides is 1. The Morgan fingerprint density at radius 2 is 1.94 bits per heavy atom. The number of benzene rings is 1. The second-order valence-corrected chi connectivity index (χ2v) is 5.56. The van der Waals surface area contributed by atoms with Crippen LogP contribution >= 0.6 is 0 Å². The summed E-state index contributed by atoms with van der Waals surface area (Å²) in [5.41, 5.74) is 2.42. The second-order valence-electron chi connectivity index (χ2n) is 3.55. The molecule has 2 N–H and O–H groups in total. The third kappa shape index (κ3) is 2.85. The normalized spacial score (nSPS) is 11.4. The van der Waals surface area contributed by atoms with E-state index in [1.54, 1.807) is 25.3 Å². The van der Waals surface area contributed by atoms with Gasteiger partial charge >= 0.3 is 0 Å². The number of hydrogen-bond donors (Lipinski definition) is 2. The molecule has 0 aliphatic rings. The minimum Gasteiger partial charge on any atom is -0.284 e. The van der Waals surface area contributed by atoms with E-state index in [-0.39, 0.29) is 5.75 Å². The lowest BCUT2D eigenvalue weighted by molar-refractivity contribution is 0.602. The molecule has 0 aliphatic heterocycles. The zero-order chi connectivity index (χ0) is 12.3. The summed E-state index contributed by atoms with van der Waals surface area (Å²) in [6.07, 6.45) is 1.67. The van der Waals surface area contributed by atoms with Gasteiger partial charge in [-0.3, -0.25) is 9.82 Å². The van der Waals surface area contributed by atoms with E-state index in [1.807, 2.05) is 18.2 Å². The summed E-state index contributed by atoms with van der Waals surface area (Å²) in [4.78, 5) is 0. The van der Waals surface area contributed by atoms with Crippen LogP contribution in [0.5, 0.6) is 0 Å². The molecule has 0 spiro atoms. The summed E-state index contributed by atoms with van der Waals surface area (Å²) >= 11 is 0. The van der Waals surface area contributed by atoms with Crippen molar-refractivity contribution in [3.8, 4) is 11.3 Å². The van der Waals surface area contributed by atoms with E-state index in [1.165, 1.54) is 0 Å². The molecule has 0 amide bonds. The zero-order valence-corrected chi connectivity index (χ0v) is 10.2. The van der Waals surface area contributed by atoms with Crippen molar-refractivity contribution < 1.29 is 8.42 Å². The first-order valence-electron chi connectivity index (χ1n) is 5.21. The smallest absolute Gasteiger partial charge is 0.232 e. The average molecular weight is 251 g/mol. The standard InChI is InChI=1S/C11H13N3O2S/c1-2-17(15,16)14-10-5-3-9(4-6-10)11-7-8-12-13-11/h3-8,14H,2H2,1H3,(H,12,13). The van der Waals surface area contributed by atoms with E-state index >= 15 is 0 Å². The third-order valence-corrected chi connectivity index (χ3v) is 3.66. The third-order valence-electron chi connectivity index (χ3n) is 2.35. The summed E-state index contributed by atoms with van der Waals surface area (Å²) in [5.74, 6) is 0.0648. The van der Waals surface area contributed by atoms with Gasteiger partial charge in [0.1, 0.15) is 0 Å². The molecule has 17 heavy (non-hydrogen) atoms. The highest BCUT2D eigenvalue weighted by molar-refractivity contribution is 7.92. The molecule has 90 valence electrons. The van der Waals surface area contributed by atoms with E-state index in [0.717, 1.165) is 11.3 Å². The quantitative estimate of drug-likeness (QED) is 0.870. The molecule has 2 rings (SSSR count). The Morgan fingerprint density at radius 1 is 1.24 bits per heavy atom. The van der Waals surface area contributed by atoms with Crippen molar-refractivity contribution in [1.82, 2.24) is 10.2 Å². The van der Waals surface area contributed by atoms with Crippen LogP contribution in [0.3, 0.4) is 0 Å². The molecule has 2 aromatic rings. The van der Waals surface area contributed by atoms with Gasteiger partial charge in [-0.05, 0) is 30.7 Å². The topological polar surface area (TPSA) is 74.8 Å². The summed E-state index contributed by atoms with van der Waals surface area (Å²) in [6, 6.07) is 8.97. The van der Waals surface area contributed by atoms with Crippen molar-refractivity contribution in [1.29, 1.82) is 0 Å². The number of rotatable bonds is 4. The molecule has 1 heterocycles. The molecule has 0 saturated heterocycles. The molecule has 6 heteroatoms. The summed E-state index contributed by atoms with van der Waals surface area (Å²) < 4.78 is 25.2. The highest BCUT2D eigenvalue weighted by Gasteiger charge is 2.06. The second kappa shape index (κ2) is 4.58. The van der Waals surface area contributed by atoms with Crippen molar-refractivity contribution in [2.24, 2.45) is 0 Å². The van der Waals surface area contributed by atoms with Gasteiger partial charge in [-0.2, -0.15) is 5.10 Å². The number of aromatic amines is 1. The first kappa shape index (κ1) is 11.7. The van der Waals surface area contributed by atoms with Crippen LogP contribution in [0.25, 0.3) is 11.3 Å². The lowest BCUT2D eigenvalue weighted by Crippen LogP contribution is -2.14. The molecule has 5 nitrogen and oxygen atoms in total. The predicted molar refractivity (Wildman–Crippen MR) is 67.1 cm³/mol. The van der Waals surface area contributed by atoms with Gasteiger partial charge in [-0.1, -0.05) is 12.1 Å². The van der Waals surface area contributed by atoms with Gasteiger partial charge in [0.2, 0.25) is 10.0 Å². The summed E-state index contributed by atoms with van der Waals surface area (Å²) in [5, 5.41) is 6.70. The molecular formula is C11H13N3O2S. The van der Waals surface area contributed by atoms with Crippen molar-refractivity contribution >= 4 is 15.7 Å². The van der Waals surface area contributed by atoms with Gasteiger partial charge in [-0.25, -0.2) is 8.42 Å². The molecule has 1 aromatic carbocycles. The Labute approximate surface area is 99.9 Å². The van der Waals surface area contributed by atoms with Crippen molar-refractivity contribution in [3.05, 3.63) is 36.5 Å². The van der Waals surface area contributed by atoms with Gasteiger partial charge in [0.05, 0.1) is 11.4 Å². The number of H-pyrrole nitrogens is 1. The van der Waals surface area contributed by atoms with Crippen LogP contribution in [-0.2, 0) is 10.0 Å². The van der Waals surface area contributed by atoms with Gasteiger partial charge in [0.25, 0.3) is 0 Å². The van der Waals surface area contributed by atoms with Crippen molar-refractivity contribution in [2.45, 2.75) is 6.92 Å². The first-order valence-corrected chi connectivity index (χ1v) is 6.86. The Bertz CT molecular complexity index is 574. The van der Waals surface area contributed by atoms with Crippen LogP contribution in [0.4, 0.5) is 5.69 Å². The summed E-state index contributed by atoms with van der Waals surface area (Å²) in [6.45, 7) is 1.60. The largest absolute Gasteiger partial charge is 0.284 e. The number of nitrogens with one attached hydrogen (secondary N) is 2. The van der Waals surface area contributed by atoms with Crippen LogP contribution in [0.2, 0.25) is 0 Å². The maximum atomic E-state index is 11.4. The fourth-order valence-corrected chi connectivity index (χ4v) is 2.03. The van der Waals surface area contributed by atoms with Gasteiger partial charge in [-0.15, -0.1) is 0 Å². The molecule has 0 bridgehead atoms. The fourth-order valence-electron chi connectivity index (χ4n) is 1.39. The van der Waals surface area contributed by atoms with Gasteiger partial charge in [0, 0.05) is 11.9 Å². The zero-order valence-electron chi connectivity index (χ0n) is 9.34. The molecule has 0 aliphatic carbocycles. The summed E-state index contributed by atoms with van der Waals surface area (Å²) in [7, 11) is -3.21. The van der Waals surface area contributed by atoms with Crippen LogP contribution in [0.1, 0.15) is 6.92 Å². The van der Waals surface area contributed by atoms with E-state index in [9.17, 15) is 8.42 Å². The van der Waals surface area contributed by atoms with E-state index < -0.39 is 10.0 Å². The molecular weight excluding hydrogens is 238 g/mol. The predicted octanol–water partition coefficient (Wildman–Crippen LogP) is 1.84. The number of nitrogens with zero attached hydrogens (tertiary/aromatic N) is 1. The first-order chi connectivity index (χ1) is 8.11. The van der Waals surface area contributed by atoms with Crippen LogP contribution < -0.4 is 4.72 Å². The minimum absolute atomic E-state index is 0.0648. The molecule has 1 aromatic heterocycles. The van der Waals surface area contributed by atoms with Crippen molar-refractivity contribution in [2.75, 3.05) is 10.5 Å². The maximum absolute atomic E-state index is 11.4. The molecule has 0 radical (unpaired) electrons. The SMILES string of the molecule is CCS(=O)(=O)Nc1ccc(-c2ccn[nH]2)cc1. The monoisotopic (exact) mass is 251 g/mol. The Balaban J connectivity index is 2.19. The fraction of sp³-hybridized carbons (Fsp3) is 0.182. The number of anilines is 1. The van der Waals surface area contributed by atoms with E-state index in [0.29, 0.717) is 5.69 Å². The van der Waals surface area contributed by atoms with E-state index in [2.05, 4.69) is 14.9 Å². The average Bonchev–Trinajstić information content (AvgIpc) is 2.83. The van der Waals surface area contributed by atoms with Crippen molar-refractivity contribution in [3.63, 3.8) is 0 Å². The molecule has 0 unspecified atom stereocenters. The number of aromatic nitrogens is 2. The van der Waals surface area contributed by atoms with Gasteiger partial charge < -0.3 is 0 Å². The lowest BCUT2D eigenvalue weighted by Gasteiger charge is -2.06. The highest BCUT2D eigenvalue weighted by atomic mass is 32.2. The Hall–Kier alpha value is -1.82. The van der Waals surface area contributed by atoms with Crippen LogP contribution in [0, 0.1) is 0 Å². The minimum atomic E-state index is -3.21. The lowest BCUT2D eigenvalue weighted by atomic mass is 10.1. The Kier molecular flexibility index (Phi) is 3.14. The number of hydrogen-bond acceptors (Lipinski definition) is 3. The maximum Gasteiger partial charge on any atom is 0.232 e. The van der Waals surface area contributed by atoms with Crippen LogP contribution in [-0.4, -0.2) is 24.4 Å². The van der Waals surface area contributed by atoms with E-state index in [4.69, 9.17) is 0 Å². The van der Waals surface area contributed by atoms with Gasteiger partial charge in [0.15, 0.2) is 0 Å². The molecule has 0 saturated carbocycles. The highest BCUT2D eigenvalue weighted by Crippen LogP contribution is 2.19. The van der Waals surface area contributed by atoms with Crippen LogP contribution in [0.15, 0.2) is 36.5 Å². The molecule has 0 atom stereocenters. The Morgan fingerprint density at radius 3 is 2.47 bits per heavy atom. The molecule has 0 fully saturated rings.